The fraction of sp³-hybridized carbons (Fsp3) is 0. The maximum Gasteiger partial charge on any atom is 0.170 e. The third-order valence-corrected chi connectivity index (χ3v) is 1.27. The molecule has 0 unspecified atom stereocenters. The molecule has 0 spiro atoms. The van der Waals surface area contributed by atoms with Gasteiger partial charge in [0.1, 0.15) is 5.82 Å². The first-order chi connectivity index (χ1) is 5.66. The van der Waals surface area contributed by atoms with E-state index in [1.165, 1.54) is 0 Å². The number of hydrogen-bond acceptors (Lipinski definition) is 2. The maximum absolute atomic E-state index is 12.6. The summed E-state index contributed by atoms with van der Waals surface area (Å²) in [5, 5.41) is 10.4. The number of rotatable bonds is 1. The zero-order valence-corrected chi connectivity index (χ0v) is 5.76. The van der Waals surface area contributed by atoms with E-state index in [-0.39, 0.29) is 0 Å². The molecule has 0 aliphatic heterocycles. The Bertz CT molecular complexity index is 325. The molecule has 0 bridgehead atoms. The molecule has 2 nitrogen and oxygen atoms in total. The fourth-order valence-electron chi connectivity index (χ4n) is 0.719. The van der Waals surface area contributed by atoms with E-state index in [1.807, 2.05) is 0 Å². The first-order valence-electron chi connectivity index (χ1n) is 2.97. The van der Waals surface area contributed by atoms with E-state index >= 15 is 0 Å². The molecule has 1 aromatic carbocycles. The van der Waals surface area contributed by atoms with Crippen LogP contribution in [0.5, 0.6) is 0 Å². The molecule has 0 radical (unpaired) electrons. The lowest BCUT2D eigenvalue weighted by Gasteiger charge is -1.97. The van der Waals surface area contributed by atoms with Crippen molar-refractivity contribution in [2.75, 3.05) is 0 Å². The van der Waals surface area contributed by atoms with Crippen LogP contribution in [0.4, 0.5) is 13.2 Å². The highest BCUT2D eigenvalue weighted by Gasteiger charge is 2.11. The summed E-state index contributed by atoms with van der Waals surface area (Å²) in [5.41, 5.74) is -0.697. The number of oxime groups is 1. The van der Waals surface area contributed by atoms with Crippen LogP contribution < -0.4 is 0 Å². The van der Waals surface area contributed by atoms with Crippen LogP contribution in [0.1, 0.15) is 5.56 Å². The van der Waals surface area contributed by atoms with Gasteiger partial charge in [0, 0.05) is 0 Å². The molecule has 0 heterocycles. The summed E-state index contributed by atoms with van der Waals surface area (Å²) < 4.78 is 37.6. The molecule has 0 saturated carbocycles. The predicted molar refractivity (Wildman–Crippen MR) is 35.7 cm³/mol. The predicted octanol–water partition coefficient (Wildman–Crippen LogP) is 1.91. The Morgan fingerprint density at radius 2 is 1.75 bits per heavy atom. The van der Waals surface area contributed by atoms with Crippen molar-refractivity contribution in [3.63, 3.8) is 0 Å². The van der Waals surface area contributed by atoms with Gasteiger partial charge in [0.15, 0.2) is 11.6 Å². The van der Waals surface area contributed by atoms with Crippen LogP contribution >= 0.6 is 0 Å². The molecule has 0 amide bonds. The van der Waals surface area contributed by atoms with Crippen LogP contribution in [0.25, 0.3) is 0 Å². The molecule has 0 aliphatic rings. The summed E-state index contributed by atoms with van der Waals surface area (Å²) in [5.74, 6) is -3.54. The van der Waals surface area contributed by atoms with Crippen molar-refractivity contribution < 1.29 is 18.4 Å². The molecule has 0 fully saturated rings. The number of halogens is 3. The third kappa shape index (κ3) is 1.39. The highest BCUT2D eigenvalue weighted by atomic mass is 19.2. The minimum atomic E-state index is -1.37. The Morgan fingerprint density at radius 3 is 2.33 bits per heavy atom. The molecule has 12 heavy (non-hydrogen) atoms. The Balaban J connectivity index is 3.32. The smallest absolute Gasteiger partial charge is 0.170 e. The molecular formula is C7H4F3NO. The lowest BCUT2D eigenvalue weighted by molar-refractivity contribution is 0.321. The average Bonchev–Trinajstić information content (AvgIpc) is 2.06. The van der Waals surface area contributed by atoms with Gasteiger partial charge in [0.2, 0.25) is 0 Å². The normalized spacial score (nSPS) is 10.9. The molecule has 0 aromatic heterocycles. The second-order valence-corrected chi connectivity index (χ2v) is 2.00. The molecule has 5 heteroatoms. The van der Waals surface area contributed by atoms with Crippen molar-refractivity contribution in [2.45, 2.75) is 0 Å². The highest BCUT2D eigenvalue weighted by molar-refractivity contribution is 5.79. The summed E-state index contributed by atoms with van der Waals surface area (Å²) in [7, 11) is 0. The number of benzene rings is 1. The summed E-state index contributed by atoms with van der Waals surface area (Å²) >= 11 is 0. The van der Waals surface area contributed by atoms with Gasteiger partial charge in [0.05, 0.1) is 11.8 Å². The standard InChI is InChI=1S/C7H4F3NO/c8-5-1-2-6(9)7(10)4(5)3-11-12/h1-3,12H/b11-3-. The fourth-order valence-corrected chi connectivity index (χ4v) is 0.719. The topological polar surface area (TPSA) is 32.6 Å². The lowest BCUT2D eigenvalue weighted by atomic mass is 10.2. The van der Waals surface area contributed by atoms with Gasteiger partial charge in [-0.2, -0.15) is 0 Å². The van der Waals surface area contributed by atoms with Crippen molar-refractivity contribution in [2.24, 2.45) is 5.16 Å². The zero-order valence-electron chi connectivity index (χ0n) is 5.76. The van der Waals surface area contributed by atoms with Crippen LogP contribution in [0.2, 0.25) is 0 Å². The van der Waals surface area contributed by atoms with Gasteiger partial charge >= 0.3 is 0 Å². The largest absolute Gasteiger partial charge is 0.411 e. The second kappa shape index (κ2) is 3.25. The number of nitrogens with zero attached hydrogens (tertiary/aromatic N) is 1. The van der Waals surface area contributed by atoms with Crippen LogP contribution in [0, 0.1) is 17.5 Å². The summed E-state index contributed by atoms with van der Waals surface area (Å²) in [6.07, 6.45) is 0.494. The summed E-state index contributed by atoms with van der Waals surface area (Å²) in [6.45, 7) is 0. The van der Waals surface area contributed by atoms with Gasteiger partial charge < -0.3 is 5.21 Å². The highest BCUT2D eigenvalue weighted by Crippen LogP contribution is 2.13. The quantitative estimate of drug-likeness (QED) is 0.300. The Labute approximate surface area is 65.9 Å². The molecule has 1 N–H and O–H groups in total. The third-order valence-electron chi connectivity index (χ3n) is 1.27. The molecular weight excluding hydrogens is 171 g/mol. The SMILES string of the molecule is O/N=C\c1c(F)ccc(F)c1F. The Hall–Kier alpha value is -1.52. The van der Waals surface area contributed by atoms with Gasteiger partial charge in [-0.15, -0.1) is 0 Å². The molecule has 1 rings (SSSR count). The molecule has 0 saturated heterocycles. The van der Waals surface area contributed by atoms with Gasteiger partial charge in [-0.3, -0.25) is 0 Å². The van der Waals surface area contributed by atoms with Crippen LogP contribution in [-0.2, 0) is 0 Å². The number of hydrogen-bond donors (Lipinski definition) is 1. The monoisotopic (exact) mass is 175 g/mol. The van der Waals surface area contributed by atoms with Gasteiger partial charge in [-0.25, -0.2) is 13.2 Å². The van der Waals surface area contributed by atoms with E-state index in [9.17, 15) is 13.2 Å². The van der Waals surface area contributed by atoms with E-state index in [1.54, 1.807) is 0 Å². The minimum absolute atomic E-state index is 0.494. The van der Waals surface area contributed by atoms with Crippen molar-refractivity contribution in [3.05, 3.63) is 35.1 Å². The van der Waals surface area contributed by atoms with E-state index < -0.39 is 23.0 Å². The molecule has 0 atom stereocenters. The summed E-state index contributed by atoms with van der Waals surface area (Å²) in [4.78, 5) is 0. The van der Waals surface area contributed by atoms with E-state index in [2.05, 4.69) is 5.16 Å². The van der Waals surface area contributed by atoms with Crippen LogP contribution in [0.15, 0.2) is 17.3 Å². The molecule has 1 aromatic rings. The molecule has 0 aliphatic carbocycles. The maximum atomic E-state index is 12.6. The van der Waals surface area contributed by atoms with Crippen molar-refractivity contribution >= 4 is 6.21 Å². The van der Waals surface area contributed by atoms with Gasteiger partial charge in [0.25, 0.3) is 0 Å². The Kier molecular flexibility index (Phi) is 2.32. The second-order valence-electron chi connectivity index (χ2n) is 2.00. The lowest BCUT2D eigenvalue weighted by Crippen LogP contribution is -1.97. The minimum Gasteiger partial charge on any atom is -0.411 e. The average molecular weight is 175 g/mol. The van der Waals surface area contributed by atoms with E-state index in [4.69, 9.17) is 5.21 Å². The van der Waals surface area contributed by atoms with E-state index in [0.29, 0.717) is 12.3 Å². The first kappa shape index (κ1) is 8.58. The van der Waals surface area contributed by atoms with Crippen molar-refractivity contribution in [1.82, 2.24) is 0 Å². The van der Waals surface area contributed by atoms with Crippen molar-refractivity contribution in [3.8, 4) is 0 Å². The summed E-state index contributed by atoms with van der Waals surface area (Å²) in [6, 6.07) is 1.40. The van der Waals surface area contributed by atoms with Crippen molar-refractivity contribution in [1.29, 1.82) is 0 Å². The zero-order chi connectivity index (χ0) is 9.14. The van der Waals surface area contributed by atoms with E-state index in [0.717, 1.165) is 6.07 Å². The van der Waals surface area contributed by atoms with Gasteiger partial charge in [-0.1, -0.05) is 5.16 Å². The van der Waals surface area contributed by atoms with Crippen LogP contribution in [-0.4, -0.2) is 11.4 Å². The first-order valence-corrected chi connectivity index (χ1v) is 2.97. The molecule has 64 valence electrons. The Morgan fingerprint density at radius 1 is 1.17 bits per heavy atom. The van der Waals surface area contributed by atoms with Crippen LogP contribution in [0.3, 0.4) is 0 Å². The van der Waals surface area contributed by atoms with Gasteiger partial charge in [-0.05, 0) is 12.1 Å².